The van der Waals surface area contributed by atoms with Gasteiger partial charge in [-0.15, -0.1) is 0 Å². The number of halogens is 1. The first-order chi connectivity index (χ1) is 5.66. The Hall–Kier alpha value is -0.0400. The number of ether oxygens (including phenoxy) is 1. The Bertz CT molecular complexity index is 176. The van der Waals surface area contributed by atoms with E-state index in [-0.39, 0.29) is 3.92 Å². The van der Waals surface area contributed by atoms with Crippen LogP contribution in [0.3, 0.4) is 0 Å². The average molecular weight is 285 g/mol. The quantitative estimate of drug-likeness (QED) is 0.533. The van der Waals surface area contributed by atoms with Gasteiger partial charge in [0.25, 0.3) is 0 Å². The van der Waals surface area contributed by atoms with E-state index in [9.17, 15) is 9.90 Å². The smallest absolute Gasteiger partial charge is 0.411 e. The molecule has 1 fully saturated rings. The molecule has 1 amide bonds. The molecule has 0 aromatic rings. The largest absolute Gasteiger partial charge is 0.453 e. The van der Waals surface area contributed by atoms with E-state index in [1.54, 1.807) is 0 Å². The van der Waals surface area contributed by atoms with Crippen molar-refractivity contribution in [2.24, 2.45) is 0 Å². The second-order valence-corrected chi connectivity index (χ2v) is 4.34. The summed E-state index contributed by atoms with van der Waals surface area (Å²) in [5.41, 5.74) is 0. The zero-order chi connectivity index (χ0) is 9.14. The van der Waals surface area contributed by atoms with Crippen molar-refractivity contribution in [3.05, 3.63) is 0 Å². The minimum atomic E-state index is -0.688. The number of hydrogen-bond acceptors (Lipinski definition) is 3. The van der Waals surface area contributed by atoms with Crippen molar-refractivity contribution in [1.82, 2.24) is 4.90 Å². The predicted octanol–water partition coefficient (Wildman–Crippen LogP) is 0.971. The molecule has 0 spiro atoms. The van der Waals surface area contributed by atoms with Crippen LogP contribution in [0.15, 0.2) is 0 Å². The predicted molar refractivity (Wildman–Crippen MR) is 52.2 cm³/mol. The van der Waals surface area contributed by atoms with Gasteiger partial charge in [-0.1, -0.05) is 22.6 Å². The van der Waals surface area contributed by atoms with Gasteiger partial charge >= 0.3 is 6.09 Å². The molecule has 1 rings (SSSR count). The van der Waals surface area contributed by atoms with Gasteiger partial charge in [0.15, 0.2) is 0 Å². The molecule has 1 aliphatic heterocycles. The van der Waals surface area contributed by atoms with Gasteiger partial charge in [0.2, 0.25) is 0 Å². The van der Waals surface area contributed by atoms with Gasteiger partial charge < -0.3 is 9.84 Å². The zero-order valence-corrected chi connectivity index (χ0v) is 9.02. The van der Waals surface area contributed by atoms with E-state index >= 15 is 0 Å². The second kappa shape index (κ2) is 4.27. The van der Waals surface area contributed by atoms with Crippen LogP contribution in [0.25, 0.3) is 0 Å². The van der Waals surface area contributed by atoms with Crippen LogP contribution in [0.5, 0.6) is 0 Å². The minimum absolute atomic E-state index is 0.121. The lowest BCUT2D eigenvalue weighted by molar-refractivity contribution is -0.00880. The molecule has 1 aliphatic rings. The Labute approximate surface area is 85.0 Å². The van der Waals surface area contributed by atoms with E-state index in [2.05, 4.69) is 27.3 Å². The Balaban J connectivity index is 2.57. The molecule has 0 aromatic heterocycles. The molecule has 70 valence electrons. The summed E-state index contributed by atoms with van der Waals surface area (Å²) in [4.78, 5) is 12.4. The number of amides is 1. The summed E-state index contributed by atoms with van der Waals surface area (Å²) in [5.74, 6) is 0. The molecule has 1 heterocycles. The van der Waals surface area contributed by atoms with Crippen LogP contribution < -0.4 is 0 Å². The lowest BCUT2D eigenvalue weighted by atomic mass is 10.1. The maximum atomic E-state index is 11.1. The fourth-order valence-electron chi connectivity index (χ4n) is 1.25. The highest BCUT2D eigenvalue weighted by Crippen LogP contribution is 2.22. The van der Waals surface area contributed by atoms with Crippen molar-refractivity contribution in [3.8, 4) is 0 Å². The van der Waals surface area contributed by atoms with Crippen molar-refractivity contribution >= 4 is 28.7 Å². The molecule has 5 heteroatoms. The monoisotopic (exact) mass is 285 g/mol. The number of carbonyl (C=O) groups is 1. The van der Waals surface area contributed by atoms with Crippen molar-refractivity contribution in [1.29, 1.82) is 0 Å². The van der Waals surface area contributed by atoms with Crippen molar-refractivity contribution in [2.45, 2.75) is 23.0 Å². The molecule has 1 saturated heterocycles. The highest BCUT2D eigenvalue weighted by atomic mass is 127. The maximum Gasteiger partial charge on any atom is 0.411 e. The van der Waals surface area contributed by atoms with Gasteiger partial charge in [-0.2, -0.15) is 0 Å². The molecule has 0 radical (unpaired) electrons. The molecule has 2 atom stereocenters. The minimum Gasteiger partial charge on any atom is -0.453 e. The third-order valence-corrected chi connectivity index (χ3v) is 3.20. The fraction of sp³-hybridized carbons (Fsp3) is 0.857. The number of piperidine rings is 1. The van der Waals surface area contributed by atoms with Gasteiger partial charge in [-0.05, 0) is 12.8 Å². The van der Waals surface area contributed by atoms with Crippen molar-refractivity contribution in [2.75, 3.05) is 13.7 Å². The van der Waals surface area contributed by atoms with E-state index < -0.39 is 12.3 Å². The number of likely N-dealkylation sites (tertiary alicyclic amines) is 1. The third kappa shape index (κ3) is 2.01. The first-order valence-corrected chi connectivity index (χ1v) is 5.08. The summed E-state index contributed by atoms with van der Waals surface area (Å²) in [6, 6.07) is 0. The first kappa shape index (κ1) is 10.0. The number of nitrogens with zero attached hydrogens (tertiary/aromatic N) is 1. The van der Waals surface area contributed by atoms with Crippen LogP contribution in [0.1, 0.15) is 12.8 Å². The van der Waals surface area contributed by atoms with E-state index in [1.165, 1.54) is 12.0 Å². The summed E-state index contributed by atoms with van der Waals surface area (Å²) >= 11 is 2.15. The highest BCUT2D eigenvalue weighted by Gasteiger charge is 2.31. The number of alkyl halides is 1. The van der Waals surface area contributed by atoms with Gasteiger partial charge in [0, 0.05) is 6.54 Å². The Kier molecular flexibility index (Phi) is 3.57. The van der Waals surface area contributed by atoms with Crippen LogP contribution in [0.2, 0.25) is 0 Å². The molecule has 0 bridgehead atoms. The lowest BCUT2D eigenvalue weighted by Gasteiger charge is -2.34. The summed E-state index contributed by atoms with van der Waals surface area (Å²) in [7, 11) is 1.33. The van der Waals surface area contributed by atoms with Crippen LogP contribution in [0.4, 0.5) is 4.79 Å². The topological polar surface area (TPSA) is 49.8 Å². The number of aliphatic hydroxyl groups is 1. The van der Waals surface area contributed by atoms with Crippen LogP contribution in [-0.2, 0) is 4.74 Å². The number of methoxy groups -OCH3 is 1. The maximum absolute atomic E-state index is 11.1. The molecule has 0 aromatic carbocycles. The van der Waals surface area contributed by atoms with Crippen LogP contribution in [0, 0.1) is 0 Å². The van der Waals surface area contributed by atoms with Gasteiger partial charge in [-0.25, -0.2) is 4.79 Å². The molecule has 12 heavy (non-hydrogen) atoms. The fourth-order valence-corrected chi connectivity index (χ4v) is 2.08. The molecule has 0 unspecified atom stereocenters. The zero-order valence-electron chi connectivity index (χ0n) is 6.86. The molecule has 0 saturated carbocycles. The molecule has 0 aliphatic carbocycles. The van der Waals surface area contributed by atoms with Crippen molar-refractivity contribution < 1.29 is 14.6 Å². The number of hydrogen-bond donors (Lipinski definition) is 1. The van der Waals surface area contributed by atoms with E-state index in [1.807, 2.05) is 0 Å². The molecule has 1 N–H and O–H groups in total. The summed E-state index contributed by atoms with van der Waals surface area (Å²) in [6.07, 6.45) is 0.755. The van der Waals surface area contributed by atoms with Crippen molar-refractivity contribution in [3.63, 3.8) is 0 Å². The van der Waals surface area contributed by atoms with Crippen LogP contribution in [-0.4, -0.2) is 39.9 Å². The summed E-state index contributed by atoms with van der Waals surface area (Å²) < 4.78 is 4.65. The Morgan fingerprint density at radius 1 is 1.75 bits per heavy atom. The molecular formula is C7H12INO3. The van der Waals surface area contributed by atoms with Gasteiger partial charge in [0.1, 0.15) is 6.23 Å². The van der Waals surface area contributed by atoms with E-state index in [0.717, 1.165) is 12.8 Å². The molecule has 4 nitrogen and oxygen atoms in total. The molecular weight excluding hydrogens is 273 g/mol. The normalized spacial score (nSPS) is 30.1. The summed E-state index contributed by atoms with van der Waals surface area (Å²) in [6.45, 7) is 0.591. The second-order valence-electron chi connectivity index (χ2n) is 2.74. The van der Waals surface area contributed by atoms with Crippen LogP contribution >= 0.6 is 22.6 Å². The van der Waals surface area contributed by atoms with E-state index in [0.29, 0.717) is 6.54 Å². The highest BCUT2D eigenvalue weighted by molar-refractivity contribution is 14.1. The number of aliphatic hydroxyl groups excluding tert-OH is 1. The SMILES string of the molecule is COC(=O)N1CCC[C@@H](I)[C@@H]1O. The van der Waals surface area contributed by atoms with E-state index in [4.69, 9.17) is 0 Å². The average Bonchev–Trinajstić information content (AvgIpc) is 2.08. The standard InChI is InChI=1S/C7H12INO3/c1-12-7(11)9-4-2-3-5(8)6(9)10/h5-6,10H,2-4H2,1H3/t5-,6+/m1/s1. The first-order valence-electron chi connectivity index (χ1n) is 3.83. The number of carbonyl (C=O) groups excluding carboxylic acids is 1. The Morgan fingerprint density at radius 3 is 3.00 bits per heavy atom. The third-order valence-electron chi connectivity index (χ3n) is 1.93. The van der Waals surface area contributed by atoms with Gasteiger partial charge in [-0.3, -0.25) is 4.90 Å². The number of rotatable bonds is 0. The van der Waals surface area contributed by atoms with Gasteiger partial charge in [0.05, 0.1) is 11.0 Å². The summed E-state index contributed by atoms with van der Waals surface area (Å²) in [5, 5.41) is 9.56. The Morgan fingerprint density at radius 2 is 2.42 bits per heavy atom. The lowest BCUT2D eigenvalue weighted by Crippen LogP contribution is -2.48.